The molecule has 4 rings (SSSR count). The molecule has 168 valence electrons. The Morgan fingerprint density at radius 3 is 2.76 bits per heavy atom. The third-order valence-corrected chi connectivity index (χ3v) is 8.26. The topological polar surface area (TPSA) is 76.5 Å². The molecule has 0 spiro atoms. The fourth-order valence-corrected chi connectivity index (χ4v) is 6.21. The number of aromatic nitrogens is 2. The van der Waals surface area contributed by atoms with Crippen molar-refractivity contribution in [3.05, 3.63) is 76.3 Å². The maximum absolute atomic E-state index is 12.1. The predicted molar refractivity (Wildman–Crippen MR) is 141 cm³/mol. The van der Waals surface area contributed by atoms with Gasteiger partial charge >= 0.3 is 0 Å². The van der Waals surface area contributed by atoms with Crippen LogP contribution in [0, 0.1) is 0 Å². The van der Waals surface area contributed by atoms with Crippen molar-refractivity contribution in [3.8, 4) is 5.75 Å². The summed E-state index contributed by atoms with van der Waals surface area (Å²) < 4.78 is 7.82. The van der Waals surface area contributed by atoms with Crippen molar-refractivity contribution in [3.63, 3.8) is 0 Å². The number of hydrazone groups is 1. The van der Waals surface area contributed by atoms with E-state index in [2.05, 4.69) is 73.1 Å². The van der Waals surface area contributed by atoms with Gasteiger partial charge in [-0.3, -0.25) is 4.79 Å². The molecule has 1 N–H and O–H groups in total. The molecule has 0 aliphatic rings. The molecule has 0 unspecified atom stereocenters. The molecule has 6 nitrogen and oxygen atoms in total. The van der Waals surface area contributed by atoms with Gasteiger partial charge in [0.25, 0.3) is 5.91 Å². The molecule has 1 amide bonds. The zero-order valence-corrected chi connectivity index (χ0v) is 21.6. The van der Waals surface area contributed by atoms with Crippen molar-refractivity contribution >= 4 is 73.7 Å². The van der Waals surface area contributed by atoms with Crippen molar-refractivity contribution in [1.82, 2.24) is 15.6 Å². The summed E-state index contributed by atoms with van der Waals surface area (Å²) in [7, 11) is 1.59. The molecule has 0 radical (unpaired) electrons. The summed E-state index contributed by atoms with van der Waals surface area (Å²) in [4.78, 5) is 12.1. The first kappa shape index (κ1) is 23.7. The van der Waals surface area contributed by atoms with Gasteiger partial charge in [0.2, 0.25) is 0 Å². The second-order valence-electron chi connectivity index (χ2n) is 6.73. The maximum Gasteiger partial charge on any atom is 0.250 e. The minimum atomic E-state index is -0.217. The molecular weight excluding hydrogens is 540 g/mol. The fraction of sp³-hybridized carbons (Fsp3) is 0.130. The summed E-state index contributed by atoms with van der Waals surface area (Å²) in [5.41, 5.74) is 4.56. The number of hydrogen-bond donors (Lipinski definition) is 1. The van der Waals surface area contributed by atoms with E-state index in [1.54, 1.807) is 25.1 Å². The molecule has 1 aromatic heterocycles. The highest BCUT2D eigenvalue weighted by Gasteiger charge is 2.10. The number of nitrogens with one attached hydrogen (secondary N) is 1. The van der Waals surface area contributed by atoms with Gasteiger partial charge in [-0.05, 0) is 34.5 Å². The van der Waals surface area contributed by atoms with Gasteiger partial charge < -0.3 is 4.74 Å². The van der Waals surface area contributed by atoms with Crippen LogP contribution in [0.25, 0.3) is 10.8 Å². The zero-order chi connectivity index (χ0) is 23.0. The molecule has 0 aliphatic carbocycles. The van der Waals surface area contributed by atoms with Crippen LogP contribution in [-0.2, 0) is 10.5 Å². The van der Waals surface area contributed by atoms with Crippen LogP contribution in [0.15, 0.2) is 78.9 Å². The van der Waals surface area contributed by atoms with Gasteiger partial charge in [0, 0.05) is 15.8 Å². The van der Waals surface area contributed by atoms with Crippen molar-refractivity contribution in [2.75, 3.05) is 12.9 Å². The zero-order valence-electron chi connectivity index (χ0n) is 17.5. The number of methoxy groups -OCH3 is 1. The summed E-state index contributed by atoms with van der Waals surface area (Å²) >= 11 is 7.90. The normalized spacial score (nSPS) is 11.2. The Morgan fingerprint density at radius 1 is 1.12 bits per heavy atom. The predicted octanol–water partition coefficient (Wildman–Crippen LogP) is 6.00. The first-order valence-corrected chi connectivity index (χ1v) is 13.4. The number of fused-ring (bicyclic) bond motifs is 1. The lowest BCUT2D eigenvalue weighted by Crippen LogP contribution is -2.19. The number of ether oxygens (including phenoxy) is 1. The lowest BCUT2D eigenvalue weighted by atomic mass is 10.1. The Bertz CT molecular complexity index is 1290. The quantitative estimate of drug-likeness (QED) is 0.154. The van der Waals surface area contributed by atoms with E-state index < -0.39 is 0 Å². The van der Waals surface area contributed by atoms with Crippen molar-refractivity contribution < 1.29 is 9.53 Å². The summed E-state index contributed by atoms with van der Waals surface area (Å²) in [6, 6.07) is 20.3. The molecule has 1 heterocycles. The van der Waals surface area contributed by atoms with E-state index in [1.807, 2.05) is 24.3 Å². The standard InChI is InChI=1S/C23H19BrN4O2S3/c1-30-20-10-9-18(24)11-17(20)12-25-26-21(29)14-32-23-28-27-22(33-23)31-13-16-7-4-6-15-5-2-3-8-19(15)16/h2-12H,13-14H2,1H3,(H,26,29)/b25-12+. The summed E-state index contributed by atoms with van der Waals surface area (Å²) in [5, 5.41) is 15.0. The maximum atomic E-state index is 12.1. The number of amides is 1. The number of carbonyl (C=O) groups is 1. The minimum absolute atomic E-state index is 0.204. The molecular formula is C23H19BrN4O2S3. The second kappa shape index (κ2) is 11.6. The van der Waals surface area contributed by atoms with Gasteiger partial charge in [-0.2, -0.15) is 5.10 Å². The second-order valence-corrected chi connectivity index (χ2v) is 11.1. The van der Waals surface area contributed by atoms with E-state index in [-0.39, 0.29) is 11.7 Å². The first-order chi connectivity index (χ1) is 16.1. The average Bonchev–Trinajstić information content (AvgIpc) is 3.29. The van der Waals surface area contributed by atoms with Gasteiger partial charge in [-0.1, -0.05) is 93.3 Å². The Morgan fingerprint density at radius 2 is 1.91 bits per heavy atom. The third kappa shape index (κ3) is 6.57. The highest BCUT2D eigenvalue weighted by atomic mass is 79.9. The Kier molecular flexibility index (Phi) is 8.38. The average molecular weight is 560 g/mol. The smallest absolute Gasteiger partial charge is 0.250 e. The number of rotatable bonds is 9. The van der Waals surface area contributed by atoms with Crippen LogP contribution in [0.3, 0.4) is 0 Å². The largest absolute Gasteiger partial charge is 0.496 e. The number of carbonyl (C=O) groups excluding carboxylic acids is 1. The molecule has 0 aliphatic heterocycles. The van der Waals surface area contributed by atoms with E-state index in [1.165, 1.54) is 39.4 Å². The van der Waals surface area contributed by atoms with E-state index in [0.29, 0.717) is 5.75 Å². The van der Waals surface area contributed by atoms with Gasteiger partial charge in [0.1, 0.15) is 5.75 Å². The van der Waals surface area contributed by atoms with Gasteiger partial charge in [0.15, 0.2) is 8.68 Å². The van der Waals surface area contributed by atoms with Crippen LogP contribution < -0.4 is 10.2 Å². The highest BCUT2D eigenvalue weighted by molar-refractivity contribution is 9.10. The summed E-state index contributed by atoms with van der Waals surface area (Å²) in [6.45, 7) is 0. The van der Waals surface area contributed by atoms with Crippen LogP contribution in [0.1, 0.15) is 11.1 Å². The van der Waals surface area contributed by atoms with E-state index in [9.17, 15) is 4.79 Å². The van der Waals surface area contributed by atoms with Crippen LogP contribution in [-0.4, -0.2) is 35.2 Å². The SMILES string of the molecule is COc1ccc(Br)cc1/C=N/NC(=O)CSc1nnc(SCc2cccc3ccccc23)s1. The van der Waals surface area contributed by atoms with Crippen LogP contribution >= 0.6 is 50.8 Å². The molecule has 0 fully saturated rings. The molecule has 10 heteroatoms. The van der Waals surface area contributed by atoms with Crippen LogP contribution in [0.2, 0.25) is 0 Å². The number of benzene rings is 3. The first-order valence-electron chi connectivity index (χ1n) is 9.83. The molecule has 0 bridgehead atoms. The van der Waals surface area contributed by atoms with E-state index in [4.69, 9.17) is 4.74 Å². The lowest BCUT2D eigenvalue weighted by molar-refractivity contribution is -0.118. The molecule has 0 saturated carbocycles. The van der Waals surface area contributed by atoms with E-state index in [0.717, 1.165) is 24.5 Å². The van der Waals surface area contributed by atoms with Crippen molar-refractivity contribution in [1.29, 1.82) is 0 Å². The van der Waals surface area contributed by atoms with Crippen molar-refractivity contribution in [2.24, 2.45) is 5.10 Å². The van der Waals surface area contributed by atoms with Gasteiger partial charge in [-0.15, -0.1) is 10.2 Å². The molecule has 4 aromatic rings. The minimum Gasteiger partial charge on any atom is -0.496 e. The number of thioether (sulfide) groups is 2. The van der Waals surface area contributed by atoms with Gasteiger partial charge in [-0.25, -0.2) is 5.43 Å². The summed E-state index contributed by atoms with van der Waals surface area (Å²) in [5.74, 6) is 1.48. The molecule has 3 aromatic carbocycles. The van der Waals surface area contributed by atoms with Gasteiger partial charge in [0.05, 0.1) is 19.1 Å². The highest BCUT2D eigenvalue weighted by Crippen LogP contribution is 2.32. The monoisotopic (exact) mass is 558 g/mol. The number of halogens is 1. The van der Waals surface area contributed by atoms with E-state index >= 15 is 0 Å². The molecule has 0 atom stereocenters. The lowest BCUT2D eigenvalue weighted by Gasteiger charge is -2.04. The molecule has 33 heavy (non-hydrogen) atoms. The Balaban J connectivity index is 1.27. The third-order valence-electron chi connectivity index (χ3n) is 4.53. The van der Waals surface area contributed by atoms with Crippen LogP contribution in [0.5, 0.6) is 5.75 Å². The number of nitrogens with zero attached hydrogens (tertiary/aromatic N) is 3. The van der Waals surface area contributed by atoms with Crippen molar-refractivity contribution in [2.45, 2.75) is 14.4 Å². The fourth-order valence-electron chi connectivity index (χ4n) is 3.01. The van der Waals surface area contributed by atoms with Crippen LogP contribution in [0.4, 0.5) is 0 Å². The Labute approximate surface area is 212 Å². The summed E-state index contributed by atoms with van der Waals surface area (Å²) in [6.07, 6.45) is 1.55. The molecule has 0 saturated heterocycles. The number of hydrogen-bond acceptors (Lipinski definition) is 8. The Hall–Kier alpha value is -2.40.